The van der Waals surface area contributed by atoms with E-state index in [9.17, 15) is 0 Å². The van der Waals surface area contributed by atoms with E-state index in [4.69, 9.17) is 10.8 Å². The molecule has 1 aliphatic heterocycles. The van der Waals surface area contributed by atoms with Crippen molar-refractivity contribution >= 4 is 0 Å². The monoisotopic (exact) mass is 186 g/mol. The topological polar surface area (TPSA) is 49.5 Å². The number of aliphatic hydroxyl groups is 1. The highest BCUT2D eigenvalue weighted by molar-refractivity contribution is 5.01. The molecule has 1 fully saturated rings. The molecule has 0 saturated carbocycles. The van der Waals surface area contributed by atoms with Crippen LogP contribution in [0.2, 0.25) is 0 Å². The fourth-order valence-corrected chi connectivity index (χ4v) is 1.76. The van der Waals surface area contributed by atoms with Crippen LogP contribution < -0.4 is 5.73 Å². The summed E-state index contributed by atoms with van der Waals surface area (Å²) in [5.74, 6) is 0.571. The molecule has 0 amide bonds. The lowest BCUT2D eigenvalue weighted by atomic mass is 9.80. The van der Waals surface area contributed by atoms with Crippen molar-refractivity contribution in [2.45, 2.75) is 32.2 Å². The number of nitrogens with two attached hydrogens (primary N) is 1. The van der Waals surface area contributed by atoms with Crippen LogP contribution in [-0.4, -0.2) is 41.8 Å². The highest BCUT2D eigenvalue weighted by Crippen LogP contribution is 2.25. The third kappa shape index (κ3) is 2.66. The molecule has 1 heterocycles. The summed E-state index contributed by atoms with van der Waals surface area (Å²) < 4.78 is 0. The van der Waals surface area contributed by atoms with Crippen LogP contribution in [0.15, 0.2) is 0 Å². The molecule has 3 nitrogen and oxygen atoms in total. The van der Waals surface area contributed by atoms with Gasteiger partial charge in [0.1, 0.15) is 0 Å². The molecule has 0 aromatic rings. The lowest BCUT2D eigenvalue weighted by Gasteiger charge is -2.50. The Bertz CT molecular complexity index is 153. The first kappa shape index (κ1) is 11.0. The Kier molecular flexibility index (Phi) is 3.71. The molecule has 0 bridgehead atoms. The molecule has 0 spiro atoms. The predicted octanol–water partition coefficient (Wildman–Crippen LogP) is 0.428. The Morgan fingerprint density at radius 1 is 1.38 bits per heavy atom. The Morgan fingerprint density at radius 2 is 2.00 bits per heavy atom. The first-order valence-corrected chi connectivity index (χ1v) is 5.20. The second-order valence-corrected chi connectivity index (χ2v) is 4.53. The van der Waals surface area contributed by atoms with Crippen LogP contribution in [-0.2, 0) is 0 Å². The van der Waals surface area contributed by atoms with Crippen molar-refractivity contribution in [3.05, 3.63) is 0 Å². The van der Waals surface area contributed by atoms with Crippen LogP contribution in [0.1, 0.15) is 26.7 Å². The first-order valence-electron chi connectivity index (χ1n) is 5.20. The second-order valence-electron chi connectivity index (χ2n) is 4.53. The molecule has 0 radical (unpaired) electrons. The molecule has 13 heavy (non-hydrogen) atoms. The molecule has 1 rings (SSSR count). The van der Waals surface area contributed by atoms with Gasteiger partial charge in [-0.25, -0.2) is 0 Å². The van der Waals surface area contributed by atoms with Gasteiger partial charge in [-0.15, -0.1) is 0 Å². The molecule has 3 heteroatoms. The van der Waals surface area contributed by atoms with E-state index < -0.39 is 0 Å². The van der Waals surface area contributed by atoms with E-state index in [0.717, 1.165) is 32.5 Å². The van der Waals surface area contributed by atoms with Crippen LogP contribution in [0.4, 0.5) is 0 Å². The Hall–Kier alpha value is -0.120. The van der Waals surface area contributed by atoms with E-state index in [-0.39, 0.29) is 5.54 Å². The first-order chi connectivity index (χ1) is 6.08. The van der Waals surface area contributed by atoms with E-state index in [1.54, 1.807) is 0 Å². The van der Waals surface area contributed by atoms with Crippen molar-refractivity contribution < 1.29 is 5.11 Å². The molecule has 0 atom stereocenters. The smallest absolute Gasteiger partial charge is 0.0435 e. The van der Waals surface area contributed by atoms with Gasteiger partial charge >= 0.3 is 0 Å². The summed E-state index contributed by atoms with van der Waals surface area (Å²) in [5, 5.41) is 8.62. The maximum absolute atomic E-state index is 8.62. The van der Waals surface area contributed by atoms with Crippen molar-refractivity contribution in [3.8, 4) is 0 Å². The largest absolute Gasteiger partial charge is 0.396 e. The summed E-state index contributed by atoms with van der Waals surface area (Å²) in [6, 6.07) is 0. The molecule has 3 N–H and O–H groups in total. The zero-order valence-corrected chi connectivity index (χ0v) is 8.79. The van der Waals surface area contributed by atoms with E-state index in [2.05, 4.69) is 18.7 Å². The summed E-state index contributed by atoms with van der Waals surface area (Å²) in [4.78, 5) is 2.37. The molecule has 0 aromatic carbocycles. The van der Waals surface area contributed by atoms with Crippen LogP contribution in [0, 0.1) is 5.92 Å². The van der Waals surface area contributed by atoms with E-state index in [0.29, 0.717) is 12.5 Å². The van der Waals surface area contributed by atoms with Crippen molar-refractivity contribution in [2.24, 2.45) is 11.7 Å². The fourth-order valence-electron chi connectivity index (χ4n) is 1.76. The number of rotatable bonds is 5. The van der Waals surface area contributed by atoms with E-state index >= 15 is 0 Å². The van der Waals surface area contributed by atoms with Gasteiger partial charge in [-0.1, -0.05) is 13.8 Å². The van der Waals surface area contributed by atoms with Gasteiger partial charge in [0, 0.05) is 25.2 Å². The number of aliphatic hydroxyl groups excluding tert-OH is 1. The standard InChI is InChI=1S/C10H22N2O/c1-9(2)10(11)7-12(8-10)5-3-4-6-13/h9,13H,3-8,11H2,1-2H3. The lowest BCUT2D eigenvalue weighted by Crippen LogP contribution is -2.69. The Labute approximate surface area is 80.9 Å². The summed E-state index contributed by atoms with van der Waals surface area (Å²) in [6.45, 7) is 7.82. The maximum atomic E-state index is 8.62. The van der Waals surface area contributed by atoms with Crippen molar-refractivity contribution in [2.75, 3.05) is 26.2 Å². The van der Waals surface area contributed by atoms with Gasteiger partial charge in [-0.2, -0.15) is 0 Å². The predicted molar refractivity (Wildman–Crippen MR) is 54.5 cm³/mol. The van der Waals surface area contributed by atoms with Crippen LogP contribution in [0.3, 0.4) is 0 Å². The van der Waals surface area contributed by atoms with Crippen LogP contribution in [0.5, 0.6) is 0 Å². The van der Waals surface area contributed by atoms with Gasteiger partial charge in [-0.3, -0.25) is 4.90 Å². The van der Waals surface area contributed by atoms with Gasteiger partial charge in [0.15, 0.2) is 0 Å². The molecular weight excluding hydrogens is 164 g/mol. The average Bonchev–Trinajstić information content (AvgIpc) is 2.01. The Morgan fingerprint density at radius 3 is 2.46 bits per heavy atom. The quantitative estimate of drug-likeness (QED) is 0.612. The number of hydrogen-bond donors (Lipinski definition) is 2. The maximum Gasteiger partial charge on any atom is 0.0435 e. The summed E-state index contributed by atoms with van der Waals surface area (Å²) in [7, 11) is 0. The molecular formula is C10H22N2O. The molecule has 0 aromatic heterocycles. The minimum Gasteiger partial charge on any atom is -0.396 e. The average molecular weight is 186 g/mol. The van der Waals surface area contributed by atoms with Crippen LogP contribution in [0.25, 0.3) is 0 Å². The third-order valence-corrected chi connectivity index (χ3v) is 3.07. The SMILES string of the molecule is CC(C)C1(N)CN(CCCCO)C1. The van der Waals surface area contributed by atoms with Gasteiger partial charge in [0.25, 0.3) is 0 Å². The summed E-state index contributed by atoms with van der Waals surface area (Å²) in [6.07, 6.45) is 2.00. The zero-order chi connectivity index (χ0) is 9.90. The number of nitrogens with zero attached hydrogens (tertiary/aromatic N) is 1. The second kappa shape index (κ2) is 4.40. The third-order valence-electron chi connectivity index (χ3n) is 3.07. The highest BCUT2D eigenvalue weighted by atomic mass is 16.2. The summed E-state index contributed by atoms with van der Waals surface area (Å²) in [5.41, 5.74) is 6.20. The van der Waals surface area contributed by atoms with Crippen molar-refractivity contribution in [3.63, 3.8) is 0 Å². The molecule has 0 unspecified atom stereocenters. The highest BCUT2D eigenvalue weighted by Gasteiger charge is 2.41. The Balaban J connectivity index is 2.10. The van der Waals surface area contributed by atoms with Crippen molar-refractivity contribution in [1.29, 1.82) is 0 Å². The minimum absolute atomic E-state index is 0.0548. The van der Waals surface area contributed by atoms with E-state index in [1.165, 1.54) is 0 Å². The number of likely N-dealkylation sites (tertiary alicyclic amines) is 1. The minimum atomic E-state index is 0.0548. The summed E-state index contributed by atoms with van der Waals surface area (Å²) >= 11 is 0. The molecule has 1 saturated heterocycles. The zero-order valence-electron chi connectivity index (χ0n) is 8.79. The molecule has 0 aliphatic carbocycles. The number of unbranched alkanes of at least 4 members (excludes halogenated alkanes) is 1. The van der Waals surface area contributed by atoms with E-state index in [1.807, 2.05) is 0 Å². The fraction of sp³-hybridized carbons (Fsp3) is 1.00. The van der Waals surface area contributed by atoms with Gasteiger partial charge in [0.2, 0.25) is 0 Å². The lowest BCUT2D eigenvalue weighted by molar-refractivity contribution is 0.0358. The van der Waals surface area contributed by atoms with Crippen molar-refractivity contribution in [1.82, 2.24) is 4.90 Å². The molecule has 78 valence electrons. The van der Waals surface area contributed by atoms with Gasteiger partial charge in [0.05, 0.1) is 0 Å². The van der Waals surface area contributed by atoms with Crippen LogP contribution >= 0.6 is 0 Å². The number of hydrogen-bond acceptors (Lipinski definition) is 3. The van der Waals surface area contributed by atoms with Gasteiger partial charge in [-0.05, 0) is 25.3 Å². The normalized spacial score (nSPS) is 21.9. The van der Waals surface area contributed by atoms with Gasteiger partial charge < -0.3 is 10.8 Å². The molecule has 1 aliphatic rings.